The summed E-state index contributed by atoms with van der Waals surface area (Å²) in [5, 5.41) is 18.6. The quantitative estimate of drug-likeness (QED) is 0.562. The summed E-state index contributed by atoms with van der Waals surface area (Å²) in [5.74, 6) is -2.76. The minimum absolute atomic E-state index is 0.0224. The number of carboxylic acids is 1. The first-order chi connectivity index (χ1) is 7.48. The van der Waals surface area contributed by atoms with Gasteiger partial charge in [0.2, 0.25) is 0 Å². The Balaban J connectivity index is 0.000000325. The van der Waals surface area contributed by atoms with Gasteiger partial charge in [-0.15, -0.1) is 0 Å². The molecule has 1 rings (SSSR count). The lowest BCUT2D eigenvalue weighted by molar-refractivity contribution is -0.192. The lowest BCUT2D eigenvalue weighted by Crippen LogP contribution is -2.57. The number of aliphatic hydroxyl groups is 1. The Kier molecular flexibility index (Phi) is 5.27. The Labute approximate surface area is 93.4 Å². The molecule has 0 aromatic rings. The van der Waals surface area contributed by atoms with E-state index in [1.165, 1.54) is 6.92 Å². The Morgan fingerprint density at radius 1 is 1.47 bits per heavy atom. The van der Waals surface area contributed by atoms with Crippen molar-refractivity contribution in [1.29, 1.82) is 0 Å². The molecule has 0 amide bonds. The van der Waals surface area contributed by atoms with E-state index in [-0.39, 0.29) is 13.1 Å². The maximum atomic E-state index is 13.0. The zero-order valence-corrected chi connectivity index (χ0v) is 8.76. The lowest BCUT2D eigenvalue weighted by Gasteiger charge is -2.33. The molecule has 0 aromatic carbocycles. The van der Waals surface area contributed by atoms with Crippen molar-refractivity contribution in [2.75, 3.05) is 13.1 Å². The highest BCUT2D eigenvalue weighted by atomic mass is 19.4. The van der Waals surface area contributed by atoms with Gasteiger partial charge in [-0.05, 0) is 6.92 Å². The maximum absolute atomic E-state index is 13.0. The maximum Gasteiger partial charge on any atom is 0.490 e. The van der Waals surface area contributed by atoms with Gasteiger partial charge in [0.25, 0.3) is 0 Å². The fraction of sp³-hybridized carbons (Fsp3) is 0.875. The van der Waals surface area contributed by atoms with E-state index >= 15 is 0 Å². The summed E-state index contributed by atoms with van der Waals surface area (Å²) in [6.07, 6.45) is -8.04. The monoisotopic (exact) mass is 265 g/mol. The van der Waals surface area contributed by atoms with Crippen LogP contribution in [0, 0.1) is 0 Å². The third kappa shape index (κ3) is 5.26. The second kappa shape index (κ2) is 5.58. The van der Waals surface area contributed by atoms with E-state index in [1.807, 2.05) is 0 Å². The van der Waals surface area contributed by atoms with Gasteiger partial charge < -0.3 is 15.5 Å². The van der Waals surface area contributed by atoms with Gasteiger partial charge in [-0.25, -0.2) is 13.6 Å². The number of carboxylic acid groups (broad SMARTS) is 1. The van der Waals surface area contributed by atoms with Crippen LogP contribution < -0.4 is 5.32 Å². The number of aliphatic carboxylic acids is 1. The fourth-order valence-corrected chi connectivity index (χ4v) is 1.05. The number of carbonyl (C=O) groups is 1. The summed E-state index contributed by atoms with van der Waals surface area (Å²) < 4.78 is 57.2. The topological polar surface area (TPSA) is 69.6 Å². The first-order valence-corrected chi connectivity index (χ1v) is 4.50. The highest BCUT2D eigenvalue weighted by Gasteiger charge is 2.41. The Bertz CT molecular complexity index is 268. The molecule has 0 spiro atoms. The van der Waals surface area contributed by atoms with Gasteiger partial charge in [-0.3, -0.25) is 0 Å². The van der Waals surface area contributed by atoms with Crippen LogP contribution in [0.1, 0.15) is 6.92 Å². The Morgan fingerprint density at radius 2 is 1.88 bits per heavy atom. The average molecular weight is 265 g/mol. The molecule has 1 aliphatic rings. The minimum atomic E-state index is -5.08. The molecule has 17 heavy (non-hydrogen) atoms. The number of rotatable bonds is 0. The van der Waals surface area contributed by atoms with Crippen molar-refractivity contribution in [3.05, 3.63) is 0 Å². The predicted octanol–water partition coefficient (Wildman–Crippen LogP) is 0.650. The SMILES string of the molecule is CC1(F)CNCC(F)C1O.O=C(O)C(F)(F)F. The van der Waals surface area contributed by atoms with Crippen LogP contribution in [0.3, 0.4) is 0 Å². The lowest BCUT2D eigenvalue weighted by atomic mass is 9.94. The van der Waals surface area contributed by atoms with Crippen LogP contribution in [-0.4, -0.2) is 53.4 Å². The number of hydrogen-bond donors (Lipinski definition) is 3. The summed E-state index contributed by atoms with van der Waals surface area (Å²) in [4.78, 5) is 8.90. The molecule has 3 unspecified atom stereocenters. The van der Waals surface area contributed by atoms with Crippen molar-refractivity contribution in [3.63, 3.8) is 0 Å². The molecule has 1 heterocycles. The molecule has 0 bridgehead atoms. The predicted molar refractivity (Wildman–Crippen MR) is 47.0 cm³/mol. The summed E-state index contributed by atoms with van der Waals surface area (Å²) >= 11 is 0. The molecule has 1 aliphatic heterocycles. The van der Waals surface area contributed by atoms with Gasteiger partial charge in [0.1, 0.15) is 17.9 Å². The molecular formula is C8H12F5NO3. The third-order valence-corrected chi connectivity index (χ3v) is 2.01. The second-order valence-corrected chi connectivity index (χ2v) is 3.67. The highest BCUT2D eigenvalue weighted by Crippen LogP contribution is 2.22. The van der Waals surface area contributed by atoms with Crippen LogP contribution >= 0.6 is 0 Å². The molecule has 0 aromatic heterocycles. The first-order valence-electron chi connectivity index (χ1n) is 4.50. The zero-order chi connectivity index (χ0) is 13.9. The van der Waals surface area contributed by atoms with E-state index in [9.17, 15) is 22.0 Å². The zero-order valence-electron chi connectivity index (χ0n) is 8.76. The van der Waals surface area contributed by atoms with Crippen molar-refractivity contribution in [1.82, 2.24) is 5.32 Å². The summed E-state index contributed by atoms with van der Waals surface area (Å²) in [6.45, 7) is 1.26. The van der Waals surface area contributed by atoms with Gasteiger partial charge in [-0.2, -0.15) is 13.2 Å². The number of nitrogens with one attached hydrogen (secondary N) is 1. The van der Waals surface area contributed by atoms with Gasteiger partial charge in [0.05, 0.1) is 0 Å². The number of aliphatic hydroxyl groups excluding tert-OH is 1. The first kappa shape index (κ1) is 16.0. The molecule has 1 saturated heterocycles. The molecule has 3 atom stereocenters. The van der Waals surface area contributed by atoms with Crippen molar-refractivity contribution < 1.29 is 37.0 Å². The minimum Gasteiger partial charge on any atom is -0.475 e. The van der Waals surface area contributed by atoms with Crippen LogP contribution in [0.5, 0.6) is 0 Å². The molecule has 0 radical (unpaired) electrons. The summed E-state index contributed by atoms with van der Waals surface area (Å²) in [6, 6.07) is 0. The Morgan fingerprint density at radius 3 is 2.12 bits per heavy atom. The van der Waals surface area contributed by atoms with E-state index in [4.69, 9.17) is 15.0 Å². The molecular weight excluding hydrogens is 253 g/mol. The van der Waals surface area contributed by atoms with Crippen LogP contribution in [-0.2, 0) is 4.79 Å². The molecule has 102 valence electrons. The average Bonchev–Trinajstić information content (AvgIpc) is 2.13. The van der Waals surface area contributed by atoms with Crippen molar-refractivity contribution in [3.8, 4) is 0 Å². The summed E-state index contributed by atoms with van der Waals surface area (Å²) in [5.41, 5.74) is -1.82. The number of hydrogen-bond acceptors (Lipinski definition) is 3. The van der Waals surface area contributed by atoms with E-state index in [0.717, 1.165) is 0 Å². The molecule has 4 nitrogen and oxygen atoms in total. The Hall–Kier alpha value is -0.960. The van der Waals surface area contributed by atoms with Gasteiger partial charge >= 0.3 is 12.1 Å². The number of piperidine rings is 1. The van der Waals surface area contributed by atoms with Crippen LogP contribution in [0.25, 0.3) is 0 Å². The molecule has 3 N–H and O–H groups in total. The molecule has 0 saturated carbocycles. The molecule has 0 aliphatic carbocycles. The molecule has 1 fully saturated rings. The highest BCUT2D eigenvalue weighted by molar-refractivity contribution is 5.73. The van der Waals surface area contributed by atoms with Crippen LogP contribution in [0.2, 0.25) is 0 Å². The summed E-state index contributed by atoms with van der Waals surface area (Å²) in [7, 11) is 0. The van der Waals surface area contributed by atoms with Gasteiger partial charge in [0, 0.05) is 13.1 Å². The van der Waals surface area contributed by atoms with Crippen molar-refractivity contribution >= 4 is 5.97 Å². The third-order valence-electron chi connectivity index (χ3n) is 2.01. The largest absolute Gasteiger partial charge is 0.490 e. The van der Waals surface area contributed by atoms with Crippen LogP contribution in [0.4, 0.5) is 22.0 Å². The smallest absolute Gasteiger partial charge is 0.475 e. The number of halogens is 5. The van der Waals surface area contributed by atoms with E-state index in [2.05, 4.69) is 5.32 Å². The van der Waals surface area contributed by atoms with E-state index < -0.39 is 30.1 Å². The molecule has 9 heteroatoms. The van der Waals surface area contributed by atoms with Gasteiger partial charge in [-0.1, -0.05) is 0 Å². The van der Waals surface area contributed by atoms with E-state index in [0.29, 0.717) is 0 Å². The van der Waals surface area contributed by atoms with Crippen molar-refractivity contribution in [2.45, 2.75) is 31.0 Å². The normalized spacial score (nSPS) is 33.6. The standard InChI is InChI=1S/C6H11F2NO.C2HF3O2/c1-6(8)3-9-2-4(7)5(6)10;3-2(4,5)1(6)7/h4-5,9-10H,2-3H2,1H3;(H,6,7). The van der Waals surface area contributed by atoms with Gasteiger partial charge in [0.15, 0.2) is 0 Å². The second-order valence-electron chi connectivity index (χ2n) is 3.67. The van der Waals surface area contributed by atoms with Crippen LogP contribution in [0.15, 0.2) is 0 Å². The number of alkyl halides is 5. The fourth-order valence-electron chi connectivity index (χ4n) is 1.05. The van der Waals surface area contributed by atoms with Crippen molar-refractivity contribution in [2.24, 2.45) is 0 Å². The van der Waals surface area contributed by atoms with E-state index in [1.54, 1.807) is 0 Å².